The molecule has 3 rings (SSSR count). The van der Waals surface area contributed by atoms with Gasteiger partial charge in [-0.2, -0.15) is 0 Å². The third kappa shape index (κ3) is 4.56. The second-order valence-corrected chi connectivity index (χ2v) is 9.12. The van der Waals surface area contributed by atoms with Crippen molar-refractivity contribution in [2.75, 3.05) is 0 Å². The van der Waals surface area contributed by atoms with E-state index in [0.29, 0.717) is 23.5 Å². The van der Waals surface area contributed by atoms with Crippen LogP contribution in [0.1, 0.15) is 38.6 Å². The molecule has 8 nitrogen and oxygen atoms in total. The molecule has 0 bridgehead atoms. The lowest BCUT2D eigenvalue weighted by atomic mass is 10.2. The zero-order valence-electron chi connectivity index (χ0n) is 17.7. The number of carbonyl (C=O) groups is 1. The molecule has 3 aromatic rings. The van der Waals surface area contributed by atoms with E-state index in [1.165, 1.54) is 11.6 Å². The fourth-order valence-corrected chi connectivity index (χ4v) is 3.72. The van der Waals surface area contributed by atoms with Crippen molar-refractivity contribution in [1.82, 2.24) is 18.7 Å². The lowest BCUT2D eigenvalue weighted by Gasteiger charge is -2.19. The van der Waals surface area contributed by atoms with Gasteiger partial charge in [0.1, 0.15) is 11.4 Å². The number of aromatic nitrogens is 4. The summed E-state index contributed by atoms with van der Waals surface area (Å²) in [6.45, 7) is 5.82. The first-order chi connectivity index (χ1) is 14.0. The number of benzene rings is 1. The Balaban J connectivity index is 2.10. The van der Waals surface area contributed by atoms with Crippen LogP contribution in [0, 0.1) is 0 Å². The van der Waals surface area contributed by atoms with Gasteiger partial charge in [-0.15, -0.1) is 0 Å². The third-order valence-corrected chi connectivity index (χ3v) is 5.12. The zero-order chi connectivity index (χ0) is 22.2. The summed E-state index contributed by atoms with van der Waals surface area (Å²) < 4.78 is 10.5. The molecule has 0 saturated heterocycles. The van der Waals surface area contributed by atoms with Crippen molar-refractivity contribution in [3.8, 4) is 0 Å². The van der Waals surface area contributed by atoms with Crippen molar-refractivity contribution < 1.29 is 9.53 Å². The number of ether oxygens (including phenoxy) is 1. The van der Waals surface area contributed by atoms with Crippen LogP contribution in [0.25, 0.3) is 11.2 Å². The second kappa shape index (κ2) is 8.22. The van der Waals surface area contributed by atoms with Crippen LogP contribution in [-0.4, -0.2) is 30.3 Å². The molecule has 0 aliphatic carbocycles. The average molecular weight is 477 g/mol. The molecule has 0 aliphatic rings. The van der Waals surface area contributed by atoms with Crippen LogP contribution in [0.4, 0.5) is 0 Å². The van der Waals surface area contributed by atoms with Crippen LogP contribution in [0.2, 0.25) is 0 Å². The van der Waals surface area contributed by atoms with Crippen LogP contribution in [0.3, 0.4) is 0 Å². The minimum Gasteiger partial charge on any atom is -0.460 e. The van der Waals surface area contributed by atoms with Gasteiger partial charge in [-0.3, -0.25) is 18.7 Å². The van der Waals surface area contributed by atoms with Crippen molar-refractivity contribution in [2.45, 2.75) is 45.8 Å². The summed E-state index contributed by atoms with van der Waals surface area (Å²) in [6, 6.07) is 7.73. The lowest BCUT2D eigenvalue weighted by molar-refractivity contribution is -0.154. The number of nitrogens with zero attached hydrogens (tertiary/aromatic N) is 4. The van der Waals surface area contributed by atoms with Gasteiger partial charge in [0.2, 0.25) is 0 Å². The van der Waals surface area contributed by atoms with E-state index in [0.717, 1.165) is 14.6 Å². The van der Waals surface area contributed by atoms with Gasteiger partial charge in [-0.25, -0.2) is 9.78 Å². The molecule has 30 heavy (non-hydrogen) atoms. The molecule has 0 atom stereocenters. The predicted molar refractivity (Wildman–Crippen MR) is 118 cm³/mol. The topological polar surface area (TPSA) is 88.1 Å². The van der Waals surface area contributed by atoms with Gasteiger partial charge >= 0.3 is 11.7 Å². The van der Waals surface area contributed by atoms with E-state index in [4.69, 9.17) is 4.74 Å². The Morgan fingerprint density at radius 3 is 2.50 bits per heavy atom. The molecule has 9 heteroatoms. The molecule has 1 aromatic carbocycles. The highest BCUT2D eigenvalue weighted by Crippen LogP contribution is 2.19. The number of hydrogen-bond donors (Lipinski definition) is 0. The van der Waals surface area contributed by atoms with Crippen LogP contribution in [0.5, 0.6) is 0 Å². The molecule has 0 radical (unpaired) electrons. The molecule has 0 unspecified atom stereocenters. The third-order valence-electron chi connectivity index (χ3n) is 4.63. The van der Waals surface area contributed by atoms with Gasteiger partial charge < -0.3 is 9.30 Å². The molecule has 160 valence electrons. The van der Waals surface area contributed by atoms with Gasteiger partial charge in [0, 0.05) is 31.5 Å². The fourth-order valence-electron chi connectivity index (χ4n) is 3.28. The SMILES string of the molecule is Cn1c(=O)c2c(nc(CCC(=O)OC(C)(C)C)n2Cc2cccc(Br)c2)n(C)c1=O. The summed E-state index contributed by atoms with van der Waals surface area (Å²) in [5.41, 5.74) is 0.152. The van der Waals surface area contributed by atoms with Crippen molar-refractivity contribution in [3.05, 3.63) is 61.0 Å². The van der Waals surface area contributed by atoms with E-state index in [-0.39, 0.29) is 18.8 Å². The number of carbonyl (C=O) groups excluding carboxylic acids is 1. The van der Waals surface area contributed by atoms with Crippen LogP contribution in [0.15, 0.2) is 38.3 Å². The number of esters is 1. The number of imidazole rings is 1. The first-order valence-corrected chi connectivity index (χ1v) is 10.4. The first kappa shape index (κ1) is 22.0. The number of aryl methyl sites for hydroxylation is 2. The van der Waals surface area contributed by atoms with Gasteiger partial charge in [-0.05, 0) is 38.5 Å². The molecule has 0 N–H and O–H groups in total. The Morgan fingerprint density at radius 2 is 1.87 bits per heavy atom. The van der Waals surface area contributed by atoms with Gasteiger partial charge in [0.15, 0.2) is 11.2 Å². The predicted octanol–water partition coefficient (Wildman–Crippen LogP) is 2.52. The normalized spacial score (nSPS) is 11.8. The molecule has 2 heterocycles. The molecule has 0 saturated carbocycles. The second-order valence-electron chi connectivity index (χ2n) is 8.21. The van der Waals surface area contributed by atoms with Crippen molar-refractivity contribution in [3.63, 3.8) is 0 Å². The smallest absolute Gasteiger partial charge is 0.332 e. The monoisotopic (exact) mass is 476 g/mol. The fraction of sp³-hybridized carbons (Fsp3) is 0.429. The zero-order valence-corrected chi connectivity index (χ0v) is 19.3. The van der Waals surface area contributed by atoms with Crippen molar-refractivity contribution in [2.24, 2.45) is 14.1 Å². The Bertz CT molecular complexity index is 1230. The summed E-state index contributed by atoms with van der Waals surface area (Å²) >= 11 is 3.46. The number of halogens is 1. The first-order valence-electron chi connectivity index (χ1n) is 9.59. The molecule has 0 amide bonds. The largest absolute Gasteiger partial charge is 0.460 e. The highest BCUT2D eigenvalue weighted by molar-refractivity contribution is 9.10. The highest BCUT2D eigenvalue weighted by atomic mass is 79.9. The van der Waals surface area contributed by atoms with E-state index < -0.39 is 16.9 Å². The molecule has 2 aromatic heterocycles. The minimum atomic E-state index is -0.576. The van der Waals surface area contributed by atoms with Crippen LogP contribution < -0.4 is 11.2 Å². The Kier molecular flexibility index (Phi) is 6.03. The van der Waals surface area contributed by atoms with Gasteiger partial charge in [0.05, 0.1) is 6.42 Å². The maximum absolute atomic E-state index is 12.9. The number of rotatable bonds is 5. The minimum absolute atomic E-state index is 0.118. The molecule has 0 fully saturated rings. The van der Waals surface area contributed by atoms with Crippen molar-refractivity contribution in [1.29, 1.82) is 0 Å². The number of fused-ring (bicyclic) bond motifs is 1. The quantitative estimate of drug-likeness (QED) is 0.527. The van der Waals surface area contributed by atoms with Gasteiger partial charge in [0.25, 0.3) is 5.56 Å². The summed E-state index contributed by atoms with van der Waals surface area (Å²) in [5, 5.41) is 0. The summed E-state index contributed by atoms with van der Waals surface area (Å²) in [5.74, 6) is 0.208. The van der Waals surface area contributed by atoms with E-state index in [2.05, 4.69) is 20.9 Å². The van der Waals surface area contributed by atoms with E-state index in [1.807, 2.05) is 45.0 Å². The van der Waals surface area contributed by atoms with Crippen LogP contribution >= 0.6 is 15.9 Å². The maximum atomic E-state index is 12.9. The maximum Gasteiger partial charge on any atom is 0.332 e. The Hall–Kier alpha value is -2.68. The lowest BCUT2D eigenvalue weighted by Crippen LogP contribution is -2.37. The van der Waals surface area contributed by atoms with E-state index >= 15 is 0 Å². The standard InChI is InChI=1S/C21H25BrN4O4/c1-21(2,3)30-16(27)10-9-15-23-18-17(19(28)25(5)20(29)24(18)4)26(15)12-13-7-6-8-14(22)11-13/h6-8,11H,9-10,12H2,1-5H3. The van der Waals surface area contributed by atoms with E-state index in [1.54, 1.807) is 11.6 Å². The van der Waals surface area contributed by atoms with E-state index in [9.17, 15) is 14.4 Å². The highest BCUT2D eigenvalue weighted by Gasteiger charge is 2.21. The molecule has 0 spiro atoms. The summed E-state index contributed by atoms with van der Waals surface area (Å²) in [6.07, 6.45) is 0.405. The number of hydrogen-bond acceptors (Lipinski definition) is 5. The summed E-state index contributed by atoms with van der Waals surface area (Å²) in [7, 11) is 3.03. The molecule has 0 aliphatic heterocycles. The van der Waals surface area contributed by atoms with Gasteiger partial charge in [-0.1, -0.05) is 28.1 Å². The Morgan fingerprint density at radius 1 is 1.17 bits per heavy atom. The molecular weight excluding hydrogens is 452 g/mol. The Labute approximate surface area is 182 Å². The van der Waals surface area contributed by atoms with Crippen LogP contribution in [-0.2, 0) is 36.6 Å². The average Bonchev–Trinajstić information content (AvgIpc) is 3.00. The molecular formula is C21H25BrN4O4. The summed E-state index contributed by atoms with van der Waals surface area (Å²) in [4.78, 5) is 42.0. The van der Waals surface area contributed by atoms with Crippen molar-refractivity contribution >= 4 is 33.1 Å².